The molecule has 0 heterocycles. The summed E-state index contributed by atoms with van der Waals surface area (Å²) in [7, 11) is 3.20. The van der Waals surface area contributed by atoms with Crippen molar-refractivity contribution in [3.8, 4) is 11.5 Å². The van der Waals surface area contributed by atoms with Gasteiger partial charge in [-0.25, -0.2) is 0 Å². The van der Waals surface area contributed by atoms with Crippen molar-refractivity contribution in [1.29, 1.82) is 0 Å². The van der Waals surface area contributed by atoms with Crippen LogP contribution in [-0.4, -0.2) is 20.0 Å². The normalized spacial score (nSPS) is 17.1. The fourth-order valence-corrected chi connectivity index (χ4v) is 3.02. The lowest BCUT2D eigenvalue weighted by atomic mass is 9.85. The van der Waals surface area contributed by atoms with Gasteiger partial charge in [0.1, 0.15) is 17.1 Å². The summed E-state index contributed by atoms with van der Waals surface area (Å²) in [6.45, 7) is 0. The maximum atomic E-state index is 12.9. The number of ether oxygens (including phenoxy) is 2. The highest BCUT2D eigenvalue weighted by atomic mass is 16.5. The van der Waals surface area contributed by atoms with E-state index in [-0.39, 0.29) is 11.7 Å². The average Bonchev–Trinajstić information content (AvgIpc) is 2.45. The third-order valence-electron chi connectivity index (χ3n) is 4.15. The number of carbonyl (C=O) groups excluding carboxylic acids is 1. The van der Waals surface area contributed by atoms with Crippen LogP contribution in [0.2, 0.25) is 0 Å². The van der Waals surface area contributed by atoms with Gasteiger partial charge in [0.25, 0.3) is 0 Å². The third kappa shape index (κ3) is 3.33. The molecule has 2 rings (SSSR count). The monoisotopic (exact) mass is 276 g/mol. The van der Waals surface area contributed by atoms with Crippen LogP contribution in [0.25, 0.3) is 0 Å². The summed E-state index contributed by atoms with van der Waals surface area (Å²) in [6.07, 6.45) is 8.06. The Morgan fingerprint density at radius 1 is 0.950 bits per heavy atom. The summed E-state index contributed by atoms with van der Waals surface area (Å²) in [5.74, 6) is 1.54. The predicted molar refractivity (Wildman–Crippen MR) is 79.7 cm³/mol. The van der Waals surface area contributed by atoms with Crippen molar-refractivity contribution in [2.24, 2.45) is 5.92 Å². The molecule has 0 saturated heterocycles. The average molecular weight is 276 g/mol. The first-order valence-corrected chi connectivity index (χ1v) is 7.53. The van der Waals surface area contributed by atoms with E-state index in [0.29, 0.717) is 17.1 Å². The highest BCUT2D eigenvalue weighted by molar-refractivity contribution is 6.02. The number of rotatable bonds is 4. The van der Waals surface area contributed by atoms with E-state index in [1.807, 2.05) is 18.2 Å². The van der Waals surface area contributed by atoms with Gasteiger partial charge in [-0.15, -0.1) is 0 Å². The van der Waals surface area contributed by atoms with Crippen LogP contribution in [0, 0.1) is 5.92 Å². The lowest BCUT2D eigenvalue weighted by molar-refractivity contribution is 0.0892. The van der Waals surface area contributed by atoms with Crippen molar-refractivity contribution in [3.63, 3.8) is 0 Å². The number of Topliss-reactive ketones (excluding diaryl/α,β-unsaturated/α-hetero) is 1. The third-order valence-corrected chi connectivity index (χ3v) is 4.15. The van der Waals surface area contributed by atoms with E-state index in [0.717, 1.165) is 25.7 Å². The smallest absolute Gasteiger partial charge is 0.173 e. The van der Waals surface area contributed by atoms with Gasteiger partial charge in [0.05, 0.1) is 14.2 Å². The van der Waals surface area contributed by atoms with Gasteiger partial charge in [-0.05, 0) is 25.0 Å². The molecular formula is C17H24O3. The standard InChI is InChI=1S/C17H24O3/c1-19-14-11-8-12-15(20-2)16(14)17(18)13-9-6-4-3-5-7-10-13/h8,11-13H,3-7,9-10H2,1-2H3. The Bertz CT molecular complexity index is 423. The molecule has 0 spiro atoms. The second kappa shape index (κ2) is 7.32. The molecule has 0 aliphatic heterocycles. The van der Waals surface area contributed by atoms with Gasteiger partial charge < -0.3 is 9.47 Å². The zero-order chi connectivity index (χ0) is 14.4. The molecular weight excluding hydrogens is 252 g/mol. The Labute approximate surface area is 121 Å². The van der Waals surface area contributed by atoms with E-state index in [1.165, 1.54) is 19.3 Å². The van der Waals surface area contributed by atoms with E-state index < -0.39 is 0 Å². The maximum absolute atomic E-state index is 12.9. The molecule has 0 aromatic heterocycles. The fraction of sp³-hybridized carbons (Fsp3) is 0.588. The van der Waals surface area contributed by atoms with E-state index in [2.05, 4.69) is 0 Å². The second-order valence-electron chi connectivity index (χ2n) is 5.44. The van der Waals surface area contributed by atoms with Crippen molar-refractivity contribution in [1.82, 2.24) is 0 Å². The first-order chi connectivity index (χ1) is 9.77. The first-order valence-electron chi connectivity index (χ1n) is 7.53. The molecule has 1 aromatic carbocycles. The number of methoxy groups -OCH3 is 2. The molecule has 0 radical (unpaired) electrons. The molecule has 0 bridgehead atoms. The van der Waals surface area contributed by atoms with Crippen LogP contribution < -0.4 is 9.47 Å². The highest BCUT2D eigenvalue weighted by Crippen LogP contribution is 2.34. The van der Waals surface area contributed by atoms with E-state index in [1.54, 1.807) is 14.2 Å². The van der Waals surface area contributed by atoms with Crippen LogP contribution in [0.5, 0.6) is 11.5 Å². The molecule has 0 amide bonds. The minimum absolute atomic E-state index is 0.112. The lowest BCUT2D eigenvalue weighted by Crippen LogP contribution is -2.18. The molecule has 3 nitrogen and oxygen atoms in total. The van der Waals surface area contributed by atoms with Crippen molar-refractivity contribution in [2.45, 2.75) is 44.9 Å². The minimum atomic E-state index is 0.112. The summed E-state index contributed by atoms with van der Waals surface area (Å²) < 4.78 is 10.7. The zero-order valence-corrected chi connectivity index (χ0v) is 12.5. The van der Waals surface area contributed by atoms with Crippen LogP contribution in [-0.2, 0) is 0 Å². The Hall–Kier alpha value is -1.51. The Kier molecular flexibility index (Phi) is 5.45. The van der Waals surface area contributed by atoms with Crippen LogP contribution in [0.3, 0.4) is 0 Å². The second-order valence-corrected chi connectivity index (χ2v) is 5.44. The summed E-state index contributed by atoms with van der Waals surface area (Å²) in [6, 6.07) is 5.52. The molecule has 0 N–H and O–H groups in total. The van der Waals surface area contributed by atoms with Gasteiger partial charge in [-0.1, -0.05) is 38.2 Å². The van der Waals surface area contributed by atoms with Crippen LogP contribution in [0.4, 0.5) is 0 Å². The molecule has 110 valence electrons. The van der Waals surface area contributed by atoms with E-state index in [4.69, 9.17) is 9.47 Å². The van der Waals surface area contributed by atoms with Crippen molar-refractivity contribution in [3.05, 3.63) is 23.8 Å². The molecule has 0 atom stereocenters. The lowest BCUT2D eigenvalue weighted by Gasteiger charge is -2.20. The van der Waals surface area contributed by atoms with E-state index >= 15 is 0 Å². The number of hydrogen-bond acceptors (Lipinski definition) is 3. The van der Waals surface area contributed by atoms with Crippen molar-refractivity contribution >= 4 is 5.78 Å². The summed E-state index contributed by atoms with van der Waals surface area (Å²) in [5, 5.41) is 0. The summed E-state index contributed by atoms with van der Waals surface area (Å²) >= 11 is 0. The maximum Gasteiger partial charge on any atom is 0.173 e. The molecule has 1 aromatic rings. The topological polar surface area (TPSA) is 35.5 Å². The Morgan fingerprint density at radius 2 is 1.45 bits per heavy atom. The van der Waals surface area contributed by atoms with Gasteiger partial charge in [0, 0.05) is 5.92 Å². The van der Waals surface area contributed by atoms with Crippen molar-refractivity contribution in [2.75, 3.05) is 14.2 Å². The number of ketones is 1. The van der Waals surface area contributed by atoms with Crippen LogP contribution >= 0.6 is 0 Å². The fourth-order valence-electron chi connectivity index (χ4n) is 3.02. The Morgan fingerprint density at radius 3 is 1.95 bits per heavy atom. The Balaban J connectivity index is 2.26. The van der Waals surface area contributed by atoms with Gasteiger partial charge in [0.15, 0.2) is 5.78 Å². The number of carbonyl (C=O) groups is 1. The SMILES string of the molecule is COc1cccc(OC)c1C(=O)C1CCCCCCC1. The van der Waals surface area contributed by atoms with Crippen LogP contribution in [0.15, 0.2) is 18.2 Å². The molecule has 3 heteroatoms. The zero-order valence-electron chi connectivity index (χ0n) is 12.5. The van der Waals surface area contributed by atoms with Gasteiger partial charge >= 0.3 is 0 Å². The first kappa shape index (κ1) is 14.9. The van der Waals surface area contributed by atoms with Gasteiger partial charge in [-0.3, -0.25) is 4.79 Å². The number of hydrogen-bond donors (Lipinski definition) is 0. The largest absolute Gasteiger partial charge is 0.496 e. The highest BCUT2D eigenvalue weighted by Gasteiger charge is 2.26. The summed E-state index contributed by atoms with van der Waals surface area (Å²) in [5.41, 5.74) is 0.614. The minimum Gasteiger partial charge on any atom is -0.496 e. The number of benzene rings is 1. The summed E-state index contributed by atoms with van der Waals surface area (Å²) in [4.78, 5) is 12.9. The van der Waals surface area contributed by atoms with Gasteiger partial charge in [0.2, 0.25) is 0 Å². The molecule has 0 unspecified atom stereocenters. The molecule has 1 saturated carbocycles. The van der Waals surface area contributed by atoms with E-state index in [9.17, 15) is 4.79 Å². The van der Waals surface area contributed by atoms with Gasteiger partial charge in [-0.2, -0.15) is 0 Å². The van der Waals surface area contributed by atoms with Crippen molar-refractivity contribution < 1.29 is 14.3 Å². The molecule has 1 aliphatic rings. The molecule has 20 heavy (non-hydrogen) atoms. The molecule has 1 aliphatic carbocycles. The quantitative estimate of drug-likeness (QED) is 0.771. The van der Waals surface area contributed by atoms with Crippen LogP contribution in [0.1, 0.15) is 55.3 Å². The molecule has 1 fully saturated rings. The predicted octanol–water partition coefficient (Wildman–Crippen LogP) is 4.25.